The molecule has 2 amide bonds. The Kier molecular flexibility index (Phi) is 4.55. The van der Waals surface area contributed by atoms with Crippen molar-refractivity contribution in [2.75, 3.05) is 6.61 Å². The van der Waals surface area contributed by atoms with Crippen LogP contribution >= 0.6 is 0 Å². The van der Waals surface area contributed by atoms with E-state index in [1.54, 1.807) is 37.5 Å². The van der Waals surface area contributed by atoms with Gasteiger partial charge in [0.1, 0.15) is 5.75 Å². The molecule has 2 rings (SSSR count). The Hall–Kier alpha value is -2.83. The first kappa shape index (κ1) is 14.6. The summed E-state index contributed by atoms with van der Waals surface area (Å²) in [4.78, 5) is 23.6. The minimum atomic E-state index is -0.428. The van der Waals surface area contributed by atoms with Crippen LogP contribution < -0.4 is 15.6 Å². The van der Waals surface area contributed by atoms with E-state index in [0.29, 0.717) is 23.5 Å². The van der Waals surface area contributed by atoms with E-state index in [1.165, 1.54) is 10.9 Å². The number of benzene rings is 1. The fraction of sp³-hybridized carbons (Fsp3) is 0.214. The van der Waals surface area contributed by atoms with Gasteiger partial charge >= 0.3 is 0 Å². The van der Waals surface area contributed by atoms with Gasteiger partial charge in [-0.15, -0.1) is 0 Å². The zero-order chi connectivity index (χ0) is 15.2. The number of hydrazine groups is 1. The quantitative estimate of drug-likeness (QED) is 0.818. The standard InChI is InChI=1S/C14H16N4O3/c1-3-21-12-6-4-10(5-7-12)13(19)16-17-14(20)11-8-15-18(2)9-11/h4-9H,3H2,1-2H3,(H,16,19)(H,17,20). The molecule has 0 atom stereocenters. The van der Waals surface area contributed by atoms with Crippen molar-refractivity contribution >= 4 is 11.8 Å². The number of aromatic nitrogens is 2. The summed E-state index contributed by atoms with van der Waals surface area (Å²) in [7, 11) is 1.70. The number of aryl methyl sites for hydroxylation is 1. The van der Waals surface area contributed by atoms with Gasteiger partial charge in [-0.1, -0.05) is 0 Å². The third-order valence-electron chi connectivity index (χ3n) is 2.68. The summed E-state index contributed by atoms with van der Waals surface area (Å²) in [5, 5.41) is 3.88. The van der Waals surface area contributed by atoms with Gasteiger partial charge in [-0.3, -0.25) is 25.1 Å². The molecule has 7 heteroatoms. The molecule has 0 aliphatic rings. The van der Waals surface area contributed by atoms with Crippen LogP contribution in [-0.2, 0) is 7.05 Å². The predicted octanol–water partition coefficient (Wildman–Crippen LogP) is 0.894. The molecule has 0 radical (unpaired) electrons. The van der Waals surface area contributed by atoms with Gasteiger partial charge in [-0.2, -0.15) is 5.10 Å². The van der Waals surface area contributed by atoms with E-state index in [2.05, 4.69) is 16.0 Å². The maximum absolute atomic E-state index is 11.9. The second kappa shape index (κ2) is 6.56. The van der Waals surface area contributed by atoms with Crippen molar-refractivity contribution in [2.24, 2.45) is 7.05 Å². The van der Waals surface area contributed by atoms with Gasteiger partial charge in [-0.25, -0.2) is 0 Å². The first-order valence-electron chi connectivity index (χ1n) is 6.42. The van der Waals surface area contributed by atoms with Gasteiger partial charge in [0.2, 0.25) is 0 Å². The molecule has 0 unspecified atom stereocenters. The van der Waals surface area contributed by atoms with Gasteiger partial charge < -0.3 is 4.74 Å². The fourth-order valence-corrected chi connectivity index (χ4v) is 1.67. The van der Waals surface area contributed by atoms with Crippen LogP contribution in [0, 0.1) is 0 Å². The second-order valence-electron chi connectivity index (χ2n) is 4.27. The smallest absolute Gasteiger partial charge is 0.272 e. The summed E-state index contributed by atoms with van der Waals surface area (Å²) < 4.78 is 6.79. The van der Waals surface area contributed by atoms with E-state index >= 15 is 0 Å². The van der Waals surface area contributed by atoms with Crippen molar-refractivity contribution < 1.29 is 14.3 Å². The second-order valence-corrected chi connectivity index (χ2v) is 4.27. The lowest BCUT2D eigenvalue weighted by atomic mass is 10.2. The largest absolute Gasteiger partial charge is 0.494 e. The first-order chi connectivity index (χ1) is 10.1. The Labute approximate surface area is 121 Å². The normalized spacial score (nSPS) is 10.0. The van der Waals surface area contributed by atoms with E-state index in [9.17, 15) is 9.59 Å². The van der Waals surface area contributed by atoms with Crippen LogP contribution in [0.4, 0.5) is 0 Å². The highest BCUT2D eigenvalue weighted by atomic mass is 16.5. The van der Waals surface area contributed by atoms with Gasteiger partial charge in [0, 0.05) is 18.8 Å². The van der Waals surface area contributed by atoms with Crippen LogP contribution in [0.15, 0.2) is 36.7 Å². The van der Waals surface area contributed by atoms with Gasteiger partial charge in [0.05, 0.1) is 18.4 Å². The Morgan fingerprint density at radius 2 is 1.76 bits per heavy atom. The number of carbonyl (C=O) groups excluding carboxylic acids is 2. The summed E-state index contributed by atoms with van der Waals surface area (Å²) in [6.07, 6.45) is 2.97. The van der Waals surface area contributed by atoms with Crippen molar-refractivity contribution in [3.63, 3.8) is 0 Å². The maximum atomic E-state index is 11.9. The Balaban J connectivity index is 1.90. The van der Waals surface area contributed by atoms with Crippen LogP contribution in [0.2, 0.25) is 0 Å². The topological polar surface area (TPSA) is 85.2 Å². The van der Waals surface area contributed by atoms with E-state index < -0.39 is 11.8 Å². The Bertz CT molecular complexity index is 634. The molecule has 0 saturated carbocycles. The number of amides is 2. The number of rotatable bonds is 4. The van der Waals surface area contributed by atoms with Crippen LogP contribution in [0.1, 0.15) is 27.6 Å². The van der Waals surface area contributed by atoms with Crippen LogP contribution in [-0.4, -0.2) is 28.2 Å². The highest BCUT2D eigenvalue weighted by Crippen LogP contribution is 2.11. The van der Waals surface area contributed by atoms with Crippen molar-refractivity contribution in [1.29, 1.82) is 0 Å². The van der Waals surface area contributed by atoms with Crippen molar-refractivity contribution in [1.82, 2.24) is 20.6 Å². The van der Waals surface area contributed by atoms with Gasteiger partial charge in [-0.05, 0) is 31.2 Å². The number of hydrogen-bond acceptors (Lipinski definition) is 4. The summed E-state index contributed by atoms with van der Waals surface area (Å²) in [6, 6.07) is 6.63. The summed E-state index contributed by atoms with van der Waals surface area (Å²) >= 11 is 0. The fourth-order valence-electron chi connectivity index (χ4n) is 1.67. The molecule has 110 valence electrons. The third kappa shape index (κ3) is 3.82. The maximum Gasteiger partial charge on any atom is 0.272 e. The molecule has 1 aromatic carbocycles. The molecule has 2 aromatic rings. The lowest BCUT2D eigenvalue weighted by molar-refractivity contribution is 0.0846. The first-order valence-corrected chi connectivity index (χ1v) is 6.42. The zero-order valence-electron chi connectivity index (χ0n) is 11.8. The lowest BCUT2D eigenvalue weighted by Gasteiger charge is -2.07. The molecule has 1 aromatic heterocycles. The molecule has 21 heavy (non-hydrogen) atoms. The number of hydrogen-bond donors (Lipinski definition) is 2. The minimum Gasteiger partial charge on any atom is -0.494 e. The number of ether oxygens (including phenoxy) is 1. The molecular weight excluding hydrogens is 272 g/mol. The SMILES string of the molecule is CCOc1ccc(C(=O)NNC(=O)c2cnn(C)c2)cc1. The molecular formula is C14H16N4O3. The molecule has 7 nitrogen and oxygen atoms in total. The molecule has 0 fully saturated rings. The number of carbonyl (C=O) groups is 2. The van der Waals surface area contributed by atoms with E-state index in [4.69, 9.17) is 4.74 Å². The Morgan fingerprint density at radius 1 is 1.14 bits per heavy atom. The predicted molar refractivity (Wildman–Crippen MR) is 75.8 cm³/mol. The Morgan fingerprint density at radius 3 is 2.29 bits per heavy atom. The average molecular weight is 288 g/mol. The van der Waals surface area contributed by atoms with E-state index in [-0.39, 0.29) is 0 Å². The van der Waals surface area contributed by atoms with E-state index in [0.717, 1.165) is 0 Å². The van der Waals surface area contributed by atoms with Crippen LogP contribution in [0.25, 0.3) is 0 Å². The third-order valence-corrected chi connectivity index (χ3v) is 2.68. The molecule has 0 bridgehead atoms. The van der Waals surface area contributed by atoms with Crippen LogP contribution in [0.5, 0.6) is 5.75 Å². The van der Waals surface area contributed by atoms with Crippen molar-refractivity contribution in [3.05, 3.63) is 47.8 Å². The van der Waals surface area contributed by atoms with Crippen molar-refractivity contribution in [3.8, 4) is 5.75 Å². The summed E-state index contributed by atoms with van der Waals surface area (Å²) in [6.45, 7) is 2.45. The molecule has 0 spiro atoms. The highest BCUT2D eigenvalue weighted by molar-refractivity contribution is 5.98. The lowest BCUT2D eigenvalue weighted by Crippen LogP contribution is -2.41. The van der Waals surface area contributed by atoms with Gasteiger partial charge in [0.15, 0.2) is 0 Å². The summed E-state index contributed by atoms with van der Waals surface area (Å²) in [5.74, 6) is -0.147. The number of nitrogens with one attached hydrogen (secondary N) is 2. The minimum absolute atomic E-state index is 0.365. The van der Waals surface area contributed by atoms with Crippen molar-refractivity contribution in [2.45, 2.75) is 6.92 Å². The zero-order valence-corrected chi connectivity index (χ0v) is 11.8. The average Bonchev–Trinajstić information content (AvgIpc) is 2.92. The molecule has 2 N–H and O–H groups in total. The molecule has 1 heterocycles. The monoisotopic (exact) mass is 288 g/mol. The van der Waals surface area contributed by atoms with Crippen LogP contribution in [0.3, 0.4) is 0 Å². The molecule has 0 aliphatic carbocycles. The summed E-state index contributed by atoms with van der Waals surface area (Å²) in [5.41, 5.74) is 5.46. The molecule has 0 saturated heterocycles. The molecule has 0 aliphatic heterocycles. The number of nitrogens with zero attached hydrogens (tertiary/aromatic N) is 2. The van der Waals surface area contributed by atoms with Gasteiger partial charge in [0.25, 0.3) is 11.8 Å². The van der Waals surface area contributed by atoms with E-state index in [1.807, 2.05) is 6.92 Å². The highest BCUT2D eigenvalue weighted by Gasteiger charge is 2.10.